The predicted molar refractivity (Wildman–Crippen MR) is 120 cm³/mol. The molecule has 28 heavy (non-hydrogen) atoms. The lowest BCUT2D eigenvalue weighted by molar-refractivity contribution is 0.612. The number of halogens is 2. The van der Waals surface area contributed by atoms with Crippen molar-refractivity contribution in [2.24, 2.45) is 0 Å². The van der Waals surface area contributed by atoms with E-state index in [4.69, 9.17) is 0 Å². The van der Waals surface area contributed by atoms with Gasteiger partial charge in [0.05, 0.1) is 8.61 Å². The molecule has 3 aromatic rings. The molecule has 1 aliphatic heterocycles. The SMILES string of the molecule is Cc1cn(-c2ncc3c(n2)N/C(=C(/S)I)C3(C)C)nc1Cc1ccccc1F. The molecule has 8 heteroatoms. The van der Waals surface area contributed by atoms with E-state index in [1.807, 2.05) is 25.4 Å². The normalized spacial score (nSPS) is 16.6. The minimum absolute atomic E-state index is 0.225. The van der Waals surface area contributed by atoms with E-state index >= 15 is 0 Å². The molecule has 2 aromatic heterocycles. The zero-order chi connectivity index (χ0) is 20.1. The van der Waals surface area contributed by atoms with Gasteiger partial charge in [-0.15, -0.1) is 12.6 Å². The number of fused-ring (bicyclic) bond motifs is 1. The smallest absolute Gasteiger partial charge is 0.252 e. The second kappa shape index (κ2) is 7.14. The molecule has 144 valence electrons. The number of allylic oxidation sites excluding steroid dienone is 1. The molecule has 0 bridgehead atoms. The second-order valence-corrected chi connectivity index (χ2v) is 9.70. The van der Waals surface area contributed by atoms with Crippen LogP contribution in [-0.4, -0.2) is 19.7 Å². The van der Waals surface area contributed by atoms with Crippen LogP contribution in [-0.2, 0) is 11.8 Å². The zero-order valence-corrected chi connectivity index (χ0v) is 18.7. The van der Waals surface area contributed by atoms with Crippen molar-refractivity contribution in [2.75, 3.05) is 5.32 Å². The number of benzene rings is 1. The van der Waals surface area contributed by atoms with Crippen LogP contribution >= 0.6 is 35.2 Å². The van der Waals surface area contributed by atoms with E-state index in [0.29, 0.717) is 17.9 Å². The van der Waals surface area contributed by atoms with Crippen molar-refractivity contribution in [2.45, 2.75) is 32.6 Å². The van der Waals surface area contributed by atoms with Gasteiger partial charge in [-0.1, -0.05) is 18.2 Å². The summed E-state index contributed by atoms with van der Waals surface area (Å²) in [7, 11) is 0. The van der Waals surface area contributed by atoms with Crippen LogP contribution < -0.4 is 5.32 Å². The topological polar surface area (TPSA) is 55.6 Å². The lowest BCUT2D eigenvalue weighted by atomic mass is 9.86. The monoisotopic (exact) mass is 507 g/mol. The first-order valence-electron chi connectivity index (χ1n) is 8.80. The number of aryl methyl sites for hydroxylation is 1. The van der Waals surface area contributed by atoms with Crippen molar-refractivity contribution in [3.8, 4) is 5.95 Å². The fraction of sp³-hybridized carbons (Fsp3) is 0.250. The van der Waals surface area contributed by atoms with Crippen LogP contribution in [0.2, 0.25) is 0 Å². The minimum atomic E-state index is -0.234. The summed E-state index contributed by atoms with van der Waals surface area (Å²) in [6.45, 7) is 6.19. The van der Waals surface area contributed by atoms with Crippen LogP contribution in [0, 0.1) is 12.7 Å². The molecule has 0 unspecified atom stereocenters. The van der Waals surface area contributed by atoms with Crippen LogP contribution in [0.1, 0.15) is 36.2 Å². The second-order valence-electron chi connectivity index (χ2n) is 7.32. The van der Waals surface area contributed by atoms with E-state index in [1.165, 1.54) is 6.07 Å². The Labute approximate surface area is 182 Å². The summed E-state index contributed by atoms with van der Waals surface area (Å²) in [6, 6.07) is 6.76. The molecule has 0 amide bonds. The molecule has 0 fully saturated rings. The van der Waals surface area contributed by atoms with Crippen LogP contribution in [0.25, 0.3) is 5.95 Å². The standard InChI is InChI=1S/C20H19FIN5S/c1-11-10-27(26-15(11)8-12-6-4-5-7-14(12)21)19-23-9-13-18(25-19)24-16(17(22)28)20(13,2)3/h4-7,9-10,28H,8H2,1-3H3,(H,23,24,25)/b17-16+. The first kappa shape index (κ1) is 19.4. The summed E-state index contributed by atoms with van der Waals surface area (Å²) in [4.78, 5) is 9.18. The van der Waals surface area contributed by atoms with E-state index in [1.54, 1.807) is 16.8 Å². The van der Waals surface area contributed by atoms with Crippen molar-refractivity contribution < 1.29 is 4.39 Å². The van der Waals surface area contributed by atoms with E-state index in [-0.39, 0.29) is 11.2 Å². The molecule has 4 rings (SSSR count). The molecule has 1 N–H and O–H groups in total. The summed E-state index contributed by atoms with van der Waals surface area (Å²) in [6.07, 6.45) is 4.13. The van der Waals surface area contributed by atoms with E-state index in [2.05, 4.69) is 69.5 Å². The van der Waals surface area contributed by atoms with Gasteiger partial charge in [-0.25, -0.2) is 14.1 Å². The highest BCUT2D eigenvalue weighted by atomic mass is 127. The minimum Gasteiger partial charge on any atom is -0.341 e. The molecule has 0 spiro atoms. The highest BCUT2D eigenvalue weighted by Gasteiger charge is 2.38. The average molecular weight is 507 g/mol. The summed E-state index contributed by atoms with van der Waals surface area (Å²) in [5.74, 6) is 1.01. The number of hydrogen-bond acceptors (Lipinski definition) is 5. The Balaban J connectivity index is 1.68. The van der Waals surface area contributed by atoms with Crippen molar-refractivity contribution in [1.29, 1.82) is 0 Å². The van der Waals surface area contributed by atoms with Gasteiger partial charge in [0.25, 0.3) is 5.95 Å². The van der Waals surface area contributed by atoms with Gasteiger partial charge >= 0.3 is 0 Å². The first-order valence-corrected chi connectivity index (χ1v) is 10.3. The lowest BCUT2D eigenvalue weighted by Crippen LogP contribution is -2.17. The Morgan fingerprint density at radius 2 is 2.07 bits per heavy atom. The number of thiol groups is 1. The fourth-order valence-corrected chi connectivity index (χ4v) is 4.49. The van der Waals surface area contributed by atoms with Gasteiger partial charge in [0.15, 0.2) is 0 Å². The maximum absolute atomic E-state index is 14.0. The third-order valence-corrected chi connectivity index (χ3v) is 5.81. The molecular formula is C20H19FIN5S. The fourth-order valence-electron chi connectivity index (χ4n) is 3.35. The summed E-state index contributed by atoms with van der Waals surface area (Å²) in [5.41, 5.74) is 4.17. The Hall–Kier alpha value is -1.94. The van der Waals surface area contributed by atoms with Crippen LogP contribution in [0.4, 0.5) is 10.2 Å². The van der Waals surface area contributed by atoms with Crippen molar-refractivity contribution in [3.63, 3.8) is 0 Å². The van der Waals surface area contributed by atoms with E-state index in [9.17, 15) is 4.39 Å². The lowest BCUT2D eigenvalue weighted by Gasteiger charge is -2.20. The molecule has 0 saturated heterocycles. The summed E-state index contributed by atoms with van der Waals surface area (Å²) in [5, 5.41) is 7.96. The highest BCUT2D eigenvalue weighted by Crippen LogP contribution is 2.44. The summed E-state index contributed by atoms with van der Waals surface area (Å²) < 4.78 is 16.5. The zero-order valence-electron chi connectivity index (χ0n) is 15.7. The Morgan fingerprint density at radius 3 is 2.79 bits per heavy atom. The first-order chi connectivity index (χ1) is 13.3. The maximum atomic E-state index is 14.0. The molecule has 0 radical (unpaired) electrons. The van der Waals surface area contributed by atoms with Crippen LogP contribution in [0.5, 0.6) is 0 Å². The van der Waals surface area contributed by atoms with E-state index in [0.717, 1.165) is 31.2 Å². The van der Waals surface area contributed by atoms with Gasteiger partial charge in [0.2, 0.25) is 0 Å². The quantitative estimate of drug-likeness (QED) is 0.390. The Kier molecular flexibility index (Phi) is 4.95. The maximum Gasteiger partial charge on any atom is 0.252 e. The third-order valence-electron chi connectivity index (χ3n) is 5.04. The van der Waals surface area contributed by atoms with E-state index < -0.39 is 0 Å². The molecule has 1 aromatic carbocycles. The largest absolute Gasteiger partial charge is 0.341 e. The van der Waals surface area contributed by atoms with Gasteiger partial charge < -0.3 is 5.32 Å². The van der Waals surface area contributed by atoms with Crippen LogP contribution in [0.3, 0.4) is 0 Å². The number of anilines is 1. The third kappa shape index (κ3) is 3.32. The Bertz CT molecular complexity index is 1100. The van der Waals surface area contributed by atoms with Crippen molar-refractivity contribution >= 4 is 41.0 Å². The predicted octanol–water partition coefficient (Wildman–Crippen LogP) is 4.94. The number of nitrogens with zero attached hydrogens (tertiary/aromatic N) is 4. The van der Waals surface area contributed by atoms with Crippen molar-refractivity contribution in [1.82, 2.24) is 19.7 Å². The Morgan fingerprint density at radius 1 is 1.32 bits per heavy atom. The molecular weight excluding hydrogens is 488 g/mol. The highest BCUT2D eigenvalue weighted by molar-refractivity contribution is 14.1. The number of rotatable bonds is 3. The number of hydrogen-bond donors (Lipinski definition) is 2. The molecule has 1 aliphatic rings. The van der Waals surface area contributed by atoms with Gasteiger partial charge in [-0.2, -0.15) is 10.1 Å². The van der Waals surface area contributed by atoms with Gasteiger partial charge in [-0.3, -0.25) is 0 Å². The van der Waals surface area contributed by atoms with Gasteiger partial charge in [0, 0.05) is 35.5 Å². The number of aromatic nitrogens is 4. The molecule has 0 aliphatic carbocycles. The van der Waals surface area contributed by atoms with Crippen LogP contribution in [0.15, 0.2) is 45.3 Å². The molecule has 0 atom stereocenters. The average Bonchev–Trinajstić information content (AvgIpc) is 3.14. The summed E-state index contributed by atoms with van der Waals surface area (Å²) >= 11 is 6.68. The van der Waals surface area contributed by atoms with Gasteiger partial charge in [0.1, 0.15) is 11.6 Å². The molecule has 0 saturated carbocycles. The van der Waals surface area contributed by atoms with Crippen molar-refractivity contribution in [3.05, 3.63) is 73.5 Å². The van der Waals surface area contributed by atoms with Gasteiger partial charge in [-0.05, 0) is 60.6 Å². The molecule has 5 nitrogen and oxygen atoms in total. The molecule has 3 heterocycles. The number of nitrogens with one attached hydrogen (secondary N) is 1.